The summed E-state index contributed by atoms with van der Waals surface area (Å²) >= 11 is 6.24. The van der Waals surface area contributed by atoms with Crippen molar-refractivity contribution in [3.63, 3.8) is 0 Å². The second-order valence-corrected chi connectivity index (χ2v) is 5.84. The number of methoxy groups -OCH3 is 1. The van der Waals surface area contributed by atoms with Gasteiger partial charge >= 0.3 is 6.03 Å². The van der Waals surface area contributed by atoms with Gasteiger partial charge in [0.15, 0.2) is 11.5 Å². The molecule has 0 atom stereocenters. The molecule has 9 heteroatoms. The third kappa shape index (κ3) is 5.46. The van der Waals surface area contributed by atoms with Gasteiger partial charge < -0.3 is 15.2 Å². The SMILES string of the molecule is COc1cc(/C=C(/C#N)C(=O)NC(N)=O)cc(Cl)c1OCc1ccc(F)cc1. The van der Waals surface area contributed by atoms with E-state index in [1.807, 2.05) is 0 Å². The summed E-state index contributed by atoms with van der Waals surface area (Å²) in [5.41, 5.74) is 5.61. The molecule has 0 fully saturated rings. The van der Waals surface area contributed by atoms with E-state index in [-0.39, 0.29) is 34.5 Å². The number of urea groups is 1. The van der Waals surface area contributed by atoms with Crippen LogP contribution in [0.4, 0.5) is 9.18 Å². The van der Waals surface area contributed by atoms with Gasteiger partial charge in [-0.2, -0.15) is 5.26 Å². The monoisotopic (exact) mass is 403 g/mol. The van der Waals surface area contributed by atoms with Crippen molar-refractivity contribution >= 4 is 29.6 Å². The molecule has 7 nitrogen and oxygen atoms in total. The third-order valence-electron chi connectivity index (χ3n) is 3.46. The van der Waals surface area contributed by atoms with E-state index in [1.165, 1.54) is 37.5 Å². The Balaban J connectivity index is 2.28. The zero-order valence-corrected chi connectivity index (χ0v) is 15.4. The Hall–Kier alpha value is -3.57. The second kappa shape index (κ2) is 9.39. The molecule has 0 saturated carbocycles. The number of benzene rings is 2. The maximum atomic E-state index is 13.0. The topological polar surface area (TPSA) is 114 Å². The van der Waals surface area contributed by atoms with Gasteiger partial charge in [0.25, 0.3) is 5.91 Å². The Morgan fingerprint density at radius 1 is 1.32 bits per heavy atom. The lowest BCUT2D eigenvalue weighted by molar-refractivity contribution is -0.115. The first-order valence-electron chi connectivity index (χ1n) is 7.81. The second-order valence-electron chi connectivity index (χ2n) is 5.44. The van der Waals surface area contributed by atoms with Crippen molar-refractivity contribution in [3.05, 3.63) is 63.9 Å². The zero-order valence-electron chi connectivity index (χ0n) is 14.7. The van der Waals surface area contributed by atoms with Crippen molar-refractivity contribution in [2.45, 2.75) is 6.61 Å². The third-order valence-corrected chi connectivity index (χ3v) is 3.74. The van der Waals surface area contributed by atoms with E-state index < -0.39 is 11.9 Å². The number of amides is 3. The Morgan fingerprint density at radius 2 is 2.00 bits per heavy atom. The smallest absolute Gasteiger partial charge is 0.319 e. The average Bonchev–Trinajstić information content (AvgIpc) is 2.65. The highest BCUT2D eigenvalue weighted by Gasteiger charge is 2.15. The van der Waals surface area contributed by atoms with Crippen LogP contribution in [0.1, 0.15) is 11.1 Å². The molecule has 144 valence electrons. The average molecular weight is 404 g/mol. The van der Waals surface area contributed by atoms with E-state index in [2.05, 4.69) is 0 Å². The predicted molar refractivity (Wildman–Crippen MR) is 100 cm³/mol. The number of nitrogens with zero attached hydrogens (tertiary/aromatic N) is 1. The van der Waals surface area contributed by atoms with E-state index in [4.69, 9.17) is 32.1 Å². The Morgan fingerprint density at radius 3 is 2.57 bits per heavy atom. The molecule has 3 amide bonds. The Kier molecular flexibility index (Phi) is 6.96. The quantitative estimate of drug-likeness (QED) is 0.568. The molecule has 0 aliphatic heterocycles. The van der Waals surface area contributed by atoms with Crippen molar-refractivity contribution in [3.8, 4) is 17.6 Å². The first-order chi connectivity index (χ1) is 13.3. The van der Waals surface area contributed by atoms with Gasteiger partial charge in [-0.3, -0.25) is 10.1 Å². The molecular formula is C19H15ClFN3O4. The fourth-order valence-electron chi connectivity index (χ4n) is 2.19. The first-order valence-corrected chi connectivity index (χ1v) is 8.19. The Bertz CT molecular complexity index is 968. The number of imide groups is 1. The summed E-state index contributed by atoms with van der Waals surface area (Å²) < 4.78 is 23.9. The molecule has 0 aliphatic rings. The summed E-state index contributed by atoms with van der Waals surface area (Å²) in [5.74, 6) is -0.801. The maximum absolute atomic E-state index is 13.0. The Labute approximate surface area is 165 Å². The predicted octanol–water partition coefficient (Wildman–Crippen LogP) is 3.17. The lowest BCUT2D eigenvalue weighted by Gasteiger charge is -2.13. The minimum absolute atomic E-state index is 0.121. The number of hydrogen-bond donors (Lipinski definition) is 2. The van der Waals surface area contributed by atoms with Gasteiger partial charge in [0.05, 0.1) is 12.1 Å². The number of rotatable bonds is 6. The number of primary amides is 1. The van der Waals surface area contributed by atoms with Crippen molar-refractivity contribution in [2.75, 3.05) is 7.11 Å². The molecule has 3 N–H and O–H groups in total. The first kappa shape index (κ1) is 20.7. The normalized spacial score (nSPS) is 10.7. The molecule has 2 aromatic carbocycles. The number of hydrogen-bond acceptors (Lipinski definition) is 5. The van der Waals surface area contributed by atoms with Crippen molar-refractivity contribution < 1.29 is 23.5 Å². The van der Waals surface area contributed by atoms with Crippen LogP contribution in [0.15, 0.2) is 42.0 Å². The highest BCUT2D eigenvalue weighted by Crippen LogP contribution is 2.37. The summed E-state index contributed by atoms with van der Waals surface area (Å²) in [5, 5.41) is 11.1. The van der Waals surface area contributed by atoms with Crippen LogP contribution < -0.4 is 20.5 Å². The van der Waals surface area contributed by atoms with Crippen LogP contribution in [0.25, 0.3) is 6.08 Å². The van der Waals surface area contributed by atoms with E-state index in [1.54, 1.807) is 23.5 Å². The van der Waals surface area contributed by atoms with Gasteiger partial charge in [-0.25, -0.2) is 9.18 Å². The standard InChI is InChI=1S/C19H15ClFN3O4/c1-27-16-8-12(6-13(9-22)18(25)24-19(23)26)7-15(20)17(16)28-10-11-2-4-14(21)5-3-11/h2-8H,10H2,1H3,(H3,23,24,25,26)/b13-6-. The zero-order chi connectivity index (χ0) is 20.7. The number of halogens is 2. The number of carbonyl (C=O) groups is 2. The van der Waals surface area contributed by atoms with Crippen LogP contribution in [0.3, 0.4) is 0 Å². The molecule has 0 aromatic heterocycles. The summed E-state index contributed by atoms with van der Waals surface area (Å²) in [6, 6.07) is 9.32. The lowest BCUT2D eigenvalue weighted by atomic mass is 10.1. The van der Waals surface area contributed by atoms with Gasteiger partial charge in [-0.1, -0.05) is 23.7 Å². The van der Waals surface area contributed by atoms with Crippen molar-refractivity contribution in [1.29, 1.82) is 5.26 Å². The fourth-order valence-corrected chi connectivity index (χ4v) is 2.47. The molecular weight excluding hydrogens is 389 g/mol. The summed E-state index contributed by atoms with van der Waals surface area (Å²) in [7, 11) is 1.40. The molecule has 2 aromatic rings. The van der Waals surface area contributed by atoms with Crippen LogP contribution in [-0.4, -0.2) is 19.0 Å². The van der Waals surface area contributed by atoms with E-state index in [0.717, 1.165) is 5.56 Å². The van der Waals surface area contributed by atoms with E-state index >= 15 is 0 Å². The van der Waals surface area contributed by atoms with Crippen LogP contribution in [0.5, 0.6) is 11.5 Å². The molecule has 0 aliphatic carbocycles. The minimum Gasteiger partial charge on any atom is -0.493 e. The number of ether oxygens (including phenoxy) is 2. The minimum atomic E-state index is -1.08. The van der Waals surface area contributed by atoms with Crippen LogP contribution >= 0.6 is 11.6 Å². The molecule has 2 rings (SSSR count). The van der Waals surface area contributed by atoms with Crippen LogP contribution in [0, 0.1) is 17.1 Å². The number of nitrogens with two attached hydrogens (primary N) is 1. The molecule has 0 unspecified atom stereocenters. The maximum Gasteiger partial charge on any atom is 0.319 e. The molecule has 0 saturated heterocycles. The van der Waals surface area contributed by atoms with Gasteiger partial charge in [0, 0.05) is 0 Å². The van der Waals surface area contributed by atoms with Crippen LogP contribution in [0.2, 0.25) is 5.02 Å². The van der Waals surface area contributed by atoms with Crippen molar-refractivity contribution in [1.82, 2.24) is 5.32 Å². The molecule has 28 heavy (non-hydrogen) atoms. The number of nitriles is 1. The highest BCUT2D eigenvalue weighted by atomic mass is 35.5. The number of carbonyl (C=O) groups excluding carboxylic acids is 2. The molecule has 0 heterocycles. The van der Waals surface area contributed by atoms with Gasteiger partial charge in [0.2, 0.25) is 0 Å². The molecule has 0 radical (unpaired) electrons. The fraction of sp³-hybridized carbons (Fsp3) is 0.105. The molecule has 0 bridgehead atoms. The van der Waals surface area contributed by atoms with Gasteiger partial charge in [-0.15, -0.1) is 0 Å². The summed E-state index contributed by atoms with van der Waals surface area (Å²) in [6.07, 6.45) is 1.22. The highest BCUT2D eigenvalue weighted by molar-refractivity contribution is 6.32. The van der Waals surface area contributed by atoms with E-state index in [9.17, 15) is 14.0 Å². The van der Waals surface area contributed by atoms with Gasteiger partial charge in [0.1, 0.15) is 24.1 Å². The van der Waals surface area contributed by atoms with Crippen LogP contribution in [-0.2, 0) is 11.4 Å². The van der Waals surface area contributed by atoms with E-state index in [0.29, 0.717) is 5.56 Å². The molecule has 0 spiro atoms. The summed E-state index contributed by atoms with van der Waals surface area (Å²) in [4.78, 5) is 22.5. The summed E-state index contributed by atoms with van der Waals surface area (Å²) in [6.45, 7) is 0.121. The van der Waals surface area contributed by atoms with Crippen molar-refractivity contribution in [2.24, 2.45) is 5.73 Å². The largest absolute Gasteiger partial charge is 0.493 e. The number of nitrogens with one attached hydrogen (secondary N) is 1. The lowest BCUT2D eigenvalue weighted by Crippen LogP contribution is -2.35. The van der Waals surface area contributed by atoms with Gasteiger partial charge in [-0.05, 0) is 41.5 Å².